The van der Waals surface area contributed by atoms with Gasteiger partial charge in [0.15, 0.2) is 0 Å². The summed E-state index contributed by atoms with van der Waals surface area (Å²) in [6.45, 7) is 1.64. The molecule has 0 aliphatic heterocycles. The SMILES string of the molecule is CC(=CC1C2CC3CC(C2)CC1(O)C3)C(=O)O. The molecule has 4 saturated carbocycles. The molecule has 0 aromatic rings. The monoisotopic (exact) mass is 236 g/mol. The summed E-state index contributed by atoms with van der Waals surface area (Å²) in [6.07, 6.45) is 7.25. The van der Waals surface area contributed by atoms with Crippen molar-refractivity contribution in [1.82, 2.24) is 0 Å². The average molecular weight is 236 g/mol. The third-order valence-electron chi connectivity index (χ3n) is 5.12. The van der Waals surface area contributed by atoms with E-state index in [1.807, 2.05) is 6.08 Å². The number of hydrogen-bond acceptors (Lipinski definition) is 2. The Morgan fingerprint density at radius 3 is 2.29 bits per heavy atom. The van der Waals surface area contributed by atoms with E-state index in [4.69, 9.17) is 5.11 Å². The minimum atomic E-state index is -0.859. The first-order valence-corrected chi connectivity index (χ1v) is 6.62. The van der Waals surface area contributed by atoms with Gasteiger partial charge in [0.1, 0.15) is 0 Å². The molecule has 4 fully saturated rings. The van der Waals surface area contributed by atoms with Crippen LogP contribution in [0.1, 0.15) is 39.0 Å². The maximum Gasteiger partial charge on any atom is 0.330 e. The molecule has 0 aromatic heterocycles. The standard InChI is InChI=1S/C14H20O3/c1-8(13(15)16)2-12-11-4-9-3-10(5-11)7-14(12,17)6-9/h2,9-12,17H,3-7H2,1H3,(H,15,16). The first kappa shape index (κ1) is 11.3. The van der Waals surface area contributed by atoms with Crippen molar-refractivity contribution in [2.24, 2.45) is 23.7 Å². The average Bonchev–Trinajstić information content (AvgIpc) is 2.21. The largest absolute Gasteiger partial charge is 0.478 e. The van der Waals surface area contributed by atoms with Crippen molar-refractivity contribution >= 4 is 5.97 Å². The fourth-order valence-corrected chi connectivity index (χ4v) is 4.67. The molecule has 17 heavy (non-hydrogen) atoms. The number of carboxylic acid groups (broad SMARTS) is 1. The smallest absolute Gasteiger partial charge is 0.330 e. The molecular formula is C14H20O3. The maximum absolute atomic E-state index is 10.9. The summed E-state index contributed by atoms with van der Waals surface area (Å²) in [6, 6.07) is 0. The number of hydrogen-bond donors (Lipinski definition) is 2. The molecule has 0 heterocycles. The van der Waals surface area contributed by atoms with Crippen molar-refractivity contribution < 1.29 is 15.0 Å². The molecule has 3 unspecified atom stereocenters. The lowest BCUT2D eigenvalue weighted by Crippen LogP contribution is -2.56. The van der Waals surface area contributed by atoms with Crippen molar-refractivity contribution in [3.63, 3.8) is 0 Å². The highest BCUT2D eigenvalue weighted by Gasteiger charge is 2.55. The lowest BCUT2D eigenvalue weighted by molar-refractivity contribution is -0.155. The predicted molar refractivity (Wildman–Crippen MR) is 63.4 cm³/mol. The molecule has 4 aliphatic rings. The number of aliphatic hydroxyl groups is 1. The Labute approximate surface area is 102 Å². The van der Waals surface area contributed by atoms with E-state index in [0.717, 1.165) is 12.8 Å². The van der Waals surface area contributed by atoms with Gasteiger partial charge in [-0.15, -0.1) is 0 Å². The lowest BCUT2D eigenvalue weighted by atomic mass is 9.49. The van der Waals surface area contributed by atoms with Crippen LogP contribution in [0.25, 0.3) is 0 Å². The Morgan fingerprint density at radius 2 is 1.82 bits per heavy atom. The molecule has 0 amide bonds. The molecule has 3 nitrogen and oxygen atoms in total. The zero-order valence-electron chi connectivity index (χ0n) is 10.2. The van der Waals surface area contributed by atoms with Gasteiger partial charge in [0, 0.05) is 11.5 Å². The maximum atomic E-state index is 10.9. The van der Waals surface area contributed by atoms with Gasteiger partial charge >= 0.3 is 5.97 Å². The number of carboxylic acids is 1. The lowest BCUT2D eigenvalue weighted by Gasteiger charge is -2.58. The topological polar surface area (TPSA) is 57.5 Å². The zero-order chi connectivity index (χ0) is 12.2. The van der Waals surface area contributed by atoms with E-state index in [1.54, 1.807) is 6.92 Å². The quantitative estimate of drug-likeness (QED) is 0.723. The summed E-state index contributed by atoms with van der Waals surface area (Å²) in [7, 11) is 0. The molecule has 0 aromatic carbocycles. The van der Waals surface area contributed by atoms with E-state index in [-0.39, 0.29) is 5.92 Å². The van der Waals surface area contributed by atoms with Gasteiger partial charge in [-0.2, -0.15) is 0 Å². The van der Waals surface area contributed by atoms with E-state index in [1.165, 1.54) is 19.3 Å². The Bertz CT molecular complexity index is 371. The van der Waals surface area contributed by atoms with Gasteiger partial charge in [0.2, 0.25) is 0 Å². The van der Waals surface area contributed by atoms with Gasteiger partial charge in [0.05, 0.1) is 5.60 Å². The number of aliphatic carboxylic acids is 1. The molecule has 4 bridgehead atoms. The Hall–Kier alpha value is -0.830. The number of carbonyl (C=O) groups is 1. The van der Waals surface area contributed by atoms with Gasteiger partial charge in [-0.25, -0.2) is 4.79 Å². The third kappa shape index (κ3) is 1.71. The first-order valence-electron chi connectivity index (χ1n) is 6.62. The van der Waals surface area contributed by atoms with Gasteiger partial charge in [-0.05, 0) is 56.8 Å². The molecule has 4 aliphatic carbocycles. The molecule has 0 radical (unpaired) electrons. The van der Waals surface area contributed by atoms with Crippen molar-refractivity contribution in [2.45, 2.75) is 44.6 Å². The minimum Gasteiger partial charge on any atom is -0.478 e. The van der Waals surface area contributed by atoms with Crippen LogP contribution in [0.4, 0.5) is 0 Å². The van der Waals surface area contributed by atoms with E-state index in [0.29, 0.717) is 23.3 Å². The Kier molecular flexibility index (Phi) is 2.37. The third-order valence-corrected chi connectivity index (χ3v) is 5.12. The van der Waals surface area contributed by atoms with E-state index >= 15 is 0 Å². The van der Waals surface area contributed by atoms with Crippen molar-refractivity contribution in [3.05, 3.63) is 11.6 Å². The van der Waals surface area contributed by atoms with Crippen LogP contribution in [-0.4, -0.2) is 21.8 Å². The zero-order valence-corrected chi connectivity index (χ0v) is 10.2. The van der Waals surface area contributed by atoms with Crippen LogP contribution in [0.5, 0.6) is 0 Å². The summed E-state index contributed by atoms with van der Waals surface area (Å²) in [5.74, 6) is 1.11. The fraction of sp³-hybridized carbons (Fsp3) is 0.786. The summed E-state index contributed by atoms with van der Waals surface area (Å²) in [4.78, 5) is 10.9. The first-order chi connectivity index (χ1) is 7.98. The van der Waals surface area contributed by atoms with Crippen molar-refractivity contribution in [2.75, 3.05) is 0 Å². The normalized spacial score (nSPS) is 48.5. The van der Waals surface area contributed by atoms with E-state index in [2.05, 4.69) is 0 Å². The van der Waals surface area contributed by atoms with Crippen LogP contribution < -0.4 is 0 Å². The van der Waals surface area contributed by atoms with Crippen molar-refractivity contribution in [1.29, 1.82) is 0 Å². The van der Waals surface area contributed by atoms with Crippen molar-refractivity contribution in [3.8, 4) is 0 Å². The van der Waals surface area contributed by atoms with Crippen LogP contribution in [0, 0.1) is 23.7 Å². The van der Waals surface area contributed by atoms with Crippen LogP contribution in [-0.2, 0) is 4.79 Å². The predicted octanol–water partition coefficient (Wildman–Crippen LogP) is 2.20. The van der Waals surface area contributed by atoms with Gasteiger partial charge in [-0.3, -0.25) is 0 Å². The highest BCUT2D eigenvalue weighted by atomic mass is 16.4. The molecule has 0 spiro atoms. The summed E-state index contributed by atoms with van der Waals surface area (Å²) in [5.41, 5.74) is -0.221. The molecule has 94 valence electrons. The summed E-state index contributed by atoms with van der Waals surface area (Å²) in [5, 5.41) is 19.7. The molecule has 4 rings (SSSR count). The van der Waals surface area contributed by atoms with Crippen LogP contribution >= 0.6 is 0 Å². The second kappa shape index (κ2) is 3.58. The highest BCUT2D eigenvalue weighted by Crippen LogP contribution is 2.58. The molecule has 3 atom stereocenters. The summed E-state index contributed by atoms with van der Waals surface area (Å²) < 4.78 is 0. The molecular weight excluding hydrogens is 216 g/mol. The fourth-order valence-electron chi connectivity index (χ4n) is 4.67. The summed E-state index contributed by atoms with van der Waals surface area (Å²) >= 11 is 0. The van der Waals surface area contributed by atoms with Crippen LogP contribution in [0.2, 0.25) is 0 Å². The van der Waals surface area contributed by atoms with Crippen LogP contribution in [0.15, 0.2) is 11.6 Å². The molecule has 3 heteroatoms. The highest BCUT2D eigenvalue weighted by molar-refractivity contribution is 5.85. The Balaban J connectivity index is 1.90. The molecule has 0 saturated heterocycles. The van der Waals surface area contributed by atoms with Gasteiger partial charge in [-0.1, -0.05) is 6.08 Å². The van der Waals surface area contributed by atoms with Crippen LogP contribution in [0.3, 0.4) is 0 Å². The second-order valence-electron chi connectivity index (χ2n) is 6.39. The van der Waals surface area contributed by atoms with Gasteiger partial charge in [0.25, 0.3) is 0 Å². The number of rotatable bonds is 2. The Morgan fingerprint density at radius 1 is 1.24 bits per heavy atom. The van der Waals surface area contributed by atoms with E-state index < -0.39 is 11.6 Å². The molecule has 2 N–H and O–H groups in total. The van der Waals surface area contributed by atoms with E-state index in [9.17, 15) is 9.90 Å². The minimum absolute atomic E-state index is 0.0754. The second-order valence-corrected chi connectivity index (χ2v) is 6.39. The van der Waals surface area contributed by atoms with Gasteiger partial charge < -0.3 is 10.2 Å².